The molecule has 0 heterocycles. The van der Waals surface area contributed by atoms with Crippen LogP contribution in [-0.4, -0.2) is 58.5 Å². The average Bonchev–Trinajstić information content (AvgIpc) is 2.92. The molecule has 4 aliphatic carbocycles. The van der Waals surface area contributed by atoms with Crippen LogP contribution >= 0.6 is 23.5 Å². The molecule has 2 aromatic carbocycles. The van der Waals surface area contributed by atoms with Crippen LogP contribution in [0.1, 0.15) is 85.5 Å². The number of hydrogen-bond acceptors (Lipinski definition) is 2. The Hall–Kier alpha value is -0.843. The molecule has 0 unspecified atom stereocenters. The number of nitrogens with zero attached hydrogens (tertiary/aromatic N) is 2. The van der Waals surface area contributed by atoms with Gasteiger partial charge >= 0.3 is 0 Å². The molecular weight excluding hydrogens is 571 g/mol. The summed E-state index contributed by atoms with van der Waals surface area (Å²) in [6, 6.07) is 18.4. The van der Waals surface area contributed by atoms with Crippen molar-refractivity contribution in [3.63, 3.8) is 0 Å². The molecule has 0 amide bonds. The van der Waals surface area contributed by atoms with Gasteiger partial charge in [-0.15, -0.1) is 12.4 Å². The second kappa shape index (κ2) is 16.5. The summed E-state index contributed by atoms with van der Waals surface area (Å²) < 4.78 is 0. The molecule has 0 aromatic heterocycles. The van der Waals surface area contributed by atoms with Gasteiger partial charge < -0.3 is 9.80 Å². The molecule has 2 aromatic rings. The van der Waals surface area contributed by atoms with Gasteiger partial charge in [0.1, 0.15) is 7.38 Å². The maximum Gasteiger partial charge on any atom is 0.147 e. The fourth-order valence-corrected chi connectivity index (χ4v) is 8.64. The predicted octanol–water partition coefficient (Wildman–Crippen LogP) is 9.87. The molecule has 0 saturated heterocycles. The maximum absolute atomic E-state index is 5.67. The van der Waals surface area contributed by atoms with Crippen LogP contribution in [-0.2, 0) is 12.8 Å². The van der Waals surface area contributed by atoms with Gasteiger partial charge in [0.2, 0.25) is 0 Å². The number of benzene rings is 2. The van der Waals surface area contributed by atoms with E-state index < -0.39 is 7.38 Å². The Morgan fingerprint density at radius 2 is 0.976 bits per heavy atom. The van der Waals surface area contributed by atoms with Crippen molar-refractivity contribution < 1.29 is 0 Å². The van der Waals surface area contributed by atoms with Gasteiger partial charge in [-0.1, -0.05) is 81.0 Å². The standard InChI is InChI=1S/2C17H25N.C3H9ClSi.ClH/c2*1-18(2)12-14-7-5-9-17-15-8-4-3-6-13(15)10-11-16(14)17;1-5(2,3)4;/h2*3-4,6,8,14,16-17H,5,7,9-12H2,1-2H3;1-3H3;1H/t2*14-,16+,17-;;/m00../s1. The van der Waals surface area contributed by atoms with E-state index in [1.807, 2.05) is 0 Å². The normalized spacial score (nSPS) is 28.0. The zero-order valence-electron chi connectivity index (χ0n) is 27.7. The summed E-state index contributed by atoms with van der Waals surface area (Å²) in [6.07, 6.45) is 14.0. The minimum Gasteiger partial charge on any atom is -0.309 e. The Kier molecular flexibility index (Phi) is 14.0. The number of rotatable bonds is 4. The molecule has 236 valence electrons. The van der Waals surface area contributed by atoms with Crippen LogP contribution in [0.5, 0.6) is 0 Å². The molecule has 2 nitrogen and oxygen atoms in total. The lowest BCUT2D eigenvalue weighted by molar-refractivity contribution is 0.146. The third-order valence-electron chi connectivity index (χ3n) is 10.0. The lowest BCUT2D eigenvalue weighted by atomic mass is 9.63. The lowest BCUT2D eigenvalue weighted by Gasteiger charge is -2.43. The summed E-state index contributed by atoms with van der Waals surface area (Å²) in [5.41, 5.74) is 6.61. The Morgan fingerprint density at radius 3 is 1.33 bits per heavy atom. The van der Waals surface area contributed by atoms with Gasteiger partial charge in [0.15, 0.2) is 0 Å². The van der Waals surface area contributed by atoms with E-state index in [2.05, 4.69) is 106 Å². The second-order valence-corrected chi connectivity index (χ2v) is 22.5. The summed E-state index contributed by atoms with van der Waals surface area (Å²) >= 11 is 5.67. The smallest absolute Gasteiger partial charge is 0.147 e. The molecule has 0 radical (unpaired) electrons. The van der Waals surface area contributed by atoms with E-state index in [4.69, 9.17) is 11.1 Å². The largest absolute Gasteiger partial charge is 0.309 e. The molecule has 0 aliphatic heterocycles. The zero-order chi connectivity index (χ0) is 29.6. The fourth-order valence-electron chi connectivity index (χ4n) is 8.64. The van der Waals surface area contributed by atoms with E-state index in [1.54, 1.807) is 22.3 Å². The van der Waals surface area contributed by atoms with Gasteiger partial charge in [0.05, 0.1) is 0 Å². The van der Waals surface area contributed by atoms with E-state index in [0.717, 1.165) is 35.5 Å². The van der Waals surface area contributed by atoms with Crippen LogP contribution in [0, 0.1) is 23.7 Å². The third kappa shape index (κ3) is 10.1. The van der Waals surface area contributed by atoms with E-state index in [1.165, 1.54) is 77.3 Å². The van der Waals surface area contributed by atoms with E-state index in [0.29, 0.717) is 0 Å². The molecule has 5 heteroatoms. The molecule has 4 aliphatic rings. The van der Waals surface area contributed by atoms with E-state index in [9.17, 15) is 0 Å². The van der Waals surface area contributed by atoms with Crippen molar-refractivity contribution in [2.75, 3.05) is 41.3 Å². The monoisotopic (exact) mass is 630 g/mol. The van der Waals surface area contributed by atoms with Gasteiger partial charge in [-0.25, -0.2) is 0 Å². The molecule has 2 saturated carbocycles. The Bertz CT molecular complexity index is 996. The molecule has 42 heavy (non-hydrogen) atoms. The molecule has 6 rings (SSSR count). The minimum absolute atomic E-state index is 0. The van der Waals surface area contributed by atoms with Crippen molar-refractivity contribution in [1.29, 1.82) is 0 Å². The van der Waals surface area contributed by atoms with Gasteiger partial charge in [0.25, 0.3) is 0 Å². The first kappa shape index (κ1) is 35.6. The summed E-state index contributed by atoms with van der Waals surface area (Å²) in [6.45, 7) is 8.84. The second-order valence-electron chi connectivity index (χ2n) is 15.0. The molecule has 0 spiro atoms. The lowest BCUT2D eigenvalue weighted by Crippen LogP contribution is -2.36. The molecule has 2 fully saturated rings. The average molecular weight is 632 g/mol. The van der Waals surface area contributed by atoms with Crippen LogP contribution < -0.4 is 0 Å². The Labute approximate surface area is 271 Å². The third-order valence-corrected chi connectivity index (χ3v) is 10.0. The SMILES string of the molecule is CN(C)C[C@@H]1CCC[C@H]2c3ccccc3CC[C@H]12.CN(C)C[C@@H]1CCC[C@H]2c3ccccc3CC[C@H]12.C[Si](C)(C)Cl.Cl. The van der Waals surface area contributed by atoms with Crippen LogP contribution in [0.3, 0.4) is 0 Å². The summed E-state index contributed by atoms with van der Waals surface area (Å²) in [5.74, 6) is 5.44. The molecule has 6 atom stereocenters. The van der Waals surface area contributed by atoms with Crippen molar-refractivity contribution >= 4 is 30.9 Å². The molecular formula is C37H60Cl2N2Si. The van der Waals surface area contributed by atoms with Gasteiger partial charge in [-0.3, -0.25) is 0 Å². The van der Waals surface area contributed by atoms with Gasteiger partial charge in [-0.05, 0) is 137 Å². The summed E-state index contributed by atoms with van der Waals surface area (Å²) in [7, 11) is 7.75. The van der Waals surface area contributed by atoms with Crippen molar-refractivity contribution in [1.82, 2.24) is 9.80 Å². The minimum atomic E-state index is -1.14. The highest BCUT2D eigenvalue weighted by Crippen LogP contribution is 2.49. The highest BCUT2D eigenvalue weighted by Gasteiger charge is 2.38. The van der Waals surface area contributed by atoms with Crippen molar-refractivity contribution in [2.24, 2.45) is 23.7 Å². The predicted molar refractivity (Wildman–Crippen MR) is 190 cm³/mol. The van der Waals surface area contributed by atoms with Crippen LogP contribution in [0.2, 0.25) is 19.6 Å². The van der Waals surface area contributed by atoms with Gasteiger partial charge in [-0.2, -0.15) is 11.1 Å². The summed E-state index contributed by atoms with van der Waals surface area (Å²) in [5, 5.41) is 0. The fraction of sp³-hybridized carbons (Fsp3) is 0.676. The Morgan fingerprint density at radius 1 is 0.619 bits per heavy atom. The number of aryl methyl sites for hydroxylation is 2. The molecule has 0 N–H and O–H groups in total. The number of halogens is 2. The Balaban J connectivity index is 0.000000195. The van der Waals surface area contributed by atoms with Crippen molar-refractivity contribution in [3.05, 3.63) is 70.8 Å². The quantitative estimate of drug-likeness (QED) is 0.245. The summed E-state index contributed by atoms with van der Waals surface area (Å²) in [4.78, 5) is 4.76. The van der Waals surface area contributed by atoms with Crippen LogP contribution in [0.15, 0.2) is 48.5 Å². The van der Waals surface area contributed by atoms with E-state index in [-0.39, 0.29) is 12.4 Å². The highest BCUT2D eigenvalue weighted by atomic mass is 35.6. The topological polar surface area (TPSA) is 6.48 Å². The highest BCUT2D eigenvalue weighted by molar-refractivity contribution is 7.18. The number of fused-ring (bicyclic) bond motifs is 6. The molecule has 0 bridgehead atoms. The zero-order valence-corrected chi connectivity index (χ0v) is 30.3. The van der Waals surface area contributed by atoms with Crippen LogP contribution in [0.25, 0.3) is 0 Å². The first-order chi connectivity index (χ1) is 19.5. The first-order valence-corrected chi connectivity index (χ1v) is 21.2. The van der Waals surface area contributed by atoms with E-state index >= 15 is 0 Å². The maximum atomic E-state index is 5.67. The van der Waals surface area contributed by atoms with Gasteiger partial charge in [0, 0.05) is 13.1 Å². The first-order valence-electron chi connectivity index (χ1n) is 16.6. The number of hydrogen-bond donors (Lipinski definition) is 0. The van der Waals surface area contributed by atoms with Crippen molar-refractivity contribution in [3.8, 4) is 0 Å². The van der Waals surface area contributed by atoms with Crippen molar-refractivity contribution in [2.45, 2.75) is 95.7 Å². The van der Waals surface area contributed by atoms with Crippen LogP contribution in [0.4, 0.5) is 0 Å².